The molecule has 160 valence electrons. The molecule has 0 saturated carbocycles. The van der Waals surface area contributed by atoms with E-state index in [9.17, 15) is 9.59 Å². The number of ether oxygens (including phenoxy) is 5. The summed E-state index contributed by atoms with van der Waals surface area (Å²) in [6, 6.07) is 7.99. The summed E-state index contributed by atoms with van der Waals surface area (Å²) in [4.78, 5) is 24.4. The highest BCUT2D eigenvalue weighted by Crippen LogP contribution is 2.35. The first-order chi connectivity index (χ1) is 14.4. The van der Waals surface area contributed by atoms with Crippen molar-refractivity contribution in [2.45, 2.75) is 0 Å². The van der Waals surface area contributed by atoms with Gasteiger partial charge >= 0.3 is 0 Å². The highest BCUT2D eigenvalue weighted by atomic mass is 16.5. The van der Waals surface area contributed by atoms with Crippen molar-refractivity contribution in [1.29, 1.82) is 0 Å². The van der Waals surface area contributed by atoms with Crippen molar-refractivity contribution in [1.82, 2.24) is 10.9 Å². The Labute approximate surface area is 174 Å². The molecule has 0 unspecified atom stereocenters. The molecule has 30 heavy (non-hydrogen) atoms. The van der Waals surface area contributed by atoms with Crippen molar-refractivity contribution in [2.24, 2.45) is 0 Å². The van der Waals surface area contributed by atoms with Gasteiger partial charge in [0.25, 0.3) is 11.8 Å². The molecule has 2 aromatic carbocycles. The summed E-state index contributed by atoms with van der Waals surface area (Å²) >= 11 is 0. The quantitative estimate of drug-likeness (QED) is 0.502. The molecule has 0 bridgehead atoms. The second-order valence-corrected chi connectivity index (χ2v) is 5.83. The van der Waals surface area contributed by atoms with Crippen LogP contribution in [0.15, 0.2) is 36.4 Å². The Hall–Kier alpha value is -3.88. The number of rotatable bonds is 8. The largest absolute Gasteiger partial charge is 0.497 e. The first-order valence-corrected chi connectivity index (χ1v) is 8.77. The van der Waals surface area contributed by atoms with E-state index in [0.29, 0.717) is 34.3 Å². The standard InChI is InChI=1S/C21H24N2O7/c1-26-15-8-14(9-16(11-15)27-2)21(25)23-22-20(24)7-6-13-10-18(29-4)19(30-5)12-17(13)28-3/h6-12H,1-5H3,(H,22,24)(H,23,25)/b7-6+. The Bertz CT molecular complexity index is 919. The van der Waals surface area contributed by atoms with Crippen LogP contribution in [0.1, 0.15) is 15.9 Å². The predicted molar refractivity (Wildman–Crippen MR) is 110 cm³/mol. The minimum atomic E-state index is -0.546. The fourth-order valence-electron chi connectivity index (χ4n) is 2.52. The molecule has 9 nitrogen and oxygen atoms in total. The van der Waals surface area contributed by atoms with Crippen LogP contribution in [0.3, 0.4) is 0 Å². The molecular weight excluding hydrogens is 392 g/mol. The molecule has 0 radical (unpaired) electrons. The molecule has 0 heterocycles. The molecule has 2 amide bonds. The van der Waals surface area contributed by atoms with E-state index < -0.39 is 11.8 Å². The monoisotopic (exact) mass is 416 g/mol. The topological polar surface area (TPSA) is 104 Å². The van der Waals surface area contributed by atoms with Crippen molar-refractivity contribution >= 4 is 17.9 Å². The number of hydrazine groups is 1. The summed E-state index contributed by atoms with van der Waals surface area (Å²) in [6.07, 6.45) is 2.77. The van der Waals surface area contributed by atoms with Gasteiger partial charge in [0.05, 0.1) is 35.5 Å². The van der Waals surface area contributed by atoms with Crippen LogP contribution in [0.25, 0.3) is 6.08 Å². The van der Waals surface area contributed by atoms with Gasteiger partial charge in [-0.3, -0.25) is 20.4 Å². The van der Waals surface area contributed by atoms with Gasteiger partial charge in [0.2, 0.25) is 0 Å². The first kappa shape index (κ1) is 22.4. The van der Waals surface area contributed by atoms with Crippen LogP contribution in [-0.2, 0) is 4.79 Å². The van der Waals surface area contributed by atoms with E-state index >= 15 is 0 Å². The second-order valence-electron chi connectivity index (χ2n) is 5.83. The molecule has 2 rings (SSSR count). The van der Waals surface area contributed by atoms with Gasteiger partial charge in [-0.05, 0) is 24.3 Å². The summed E-state index contributed by atoms with van der Waals surface area (Å²) in [5.74, 6) is 1.30. The first-order valence-electron chi connectivity index (χ1n) is 8.77. The zero-order valence-corrected chi connectivity index (χ0v) is 17.4. The Morgan fingerprint density at radius 2 is 1.27 bits per heavy atom. The molecule has 2 N–H and O–H groups in total. The normalized spacial score (nSPS) is 10.3. The van der Waals surface area contributed by atoms with E-state index in [1.54, 1.807) is 18.2 Å². The lowest BCUT2D eigenvalue weighted by Crippen LogP contribution is -2.40. The van der Waals surface area contributed by atoms with E-state index in [2.05, 4.69) is 10.9 Å². The van der Waals surface area contributed by atoms with Crippen LogP contribution >= 0.6 is 0 Å². The maximum atomic E-state index is 12.3. The average molecular weight is 416 g/mol. The molecule has 0 aliphatic carbocycles. The summed E-state index contributed by atoms with van der Waals surface area (Å²) in [5, 5.41) is 0. The van der Waals surface area contributed by atoms with E-state index in [4.69, 9.17) is 23.7 Å². The Kier molecular flexibility index (Phi) is 7.92. The maximum Gasteiger partial charge on any atom is 0.269 e. The van der Waals surface area contributed by atoms with Gasteiger partial charge in [0.15, 0.2) is 11.5 Å². The van der Waals surface area contributed by atoms with E-state index in [1.807, 2.05) is 0 Å². The molecule has 0 aromatic heterocycles. The lowest BCUT2D eigenvalue weighted by Gasteiger charge is -2.12. The van der Waals surface area contributed by atoms with E-state index in [0.717, 1.165) is 0 Å². The Morgan fingerprint density at radius 1 is 0.700 bits per heavy atom. The third-order valence-electron chi connectivity index (χ3n) is 4.06. The fourth-order valence-corrected chi connectivity index (χ4v) is 2.52. The van der Waals surface area contributed by atoms with Crippen molar-refractivity contribution in [3.05, 3.63) is 47.5 Å². The third kappa shape index (κ3) is 5.57. The number of carbonyl (C=O) groups is 2. The van der Waals surface area contributed by atoms with Crippen LogP contribution < -0.4 is 34.5 Å². The third-order valence-corrected chi connectivity index (χ3v) is 4.06. The molecule has 0 saturated heterocycles. The number of hydrogen-bond donors (Lipinski definition) is 2. The molecule has 0 fully saturated rings. The van der Waals surface area contributed by atoms with Gasteiger partial charge in [-0.15, -0.1) is 0 Å². The smallest absolute Gasteiger partial charge is 0.269 e. The number of nitrogens with one attached hydrogen (secondary N) is 2. The van der Waals surface area contributed by atoms with Crippen LogP contribution in [0.2, 0.25) is 0 Å². The van der Waals surface area contributed by atoms with Crippen molar-refractivity contribution in [2.75, 3.05) is 35.5 Å². The highest BCUT2D eigenvalue weighted by molar-refractivity contribution is 5.98. The van der Waals surface area contributed by atoms with Gasteiger partial charge in [-0.2, -0.15) is 0 Å². The van der Waals surface area contributed by atoms with Crippen molar-refractivity contribution < 1.29 is 33.3 Å². The number of carbonyl (C=O) groups excluding carboxylic acids is 2. The predicted octanol–water partition coefficient (Wildman–Crippen LogP) is 2.20. The fraction of sp³-hybridized carbons (Fsp3) is 0.238. The number of methoxy groups -OCH3 is 5. The number of benzene rings is 2. The molecule has 0 spiro atoms. The van der Waals surface area contributed by atoms with E-state index in [1.165, 1.54) is 59.8 Å². The summed E-state index contributed by atoms with van der Waals surface area (Å²) in [5.41, 5.74) is 5.49. The Morgan fingerprint density at radius 3 is 1.80 bits per heavy atom. The van der Waals surface area contributed by atoms with Gasteiger partial charge in [0.1, 0.15) is 17.2 Å². The van der Waals surface area contributed by atoms with Crippen molar-refractivity contribution in [3.63, 3.8) is 0 Å². The minimum Gasteiger partial charge on any atom is -0.497 e. The van der Waals surface area contributed by atoms with E-state index in [-0.39, 0.29) is 5.56 Å². The number of hydrogen-bond acceptors (Lipinski definition) is 7. The summed E-state index contributed by atoms with van der Waals surface area (Å²) in [7, 11) is 7.48. The summed E-state index contributed by atoms with van der Waals surface area (Å²) < 4.78 is 26.0. The Balaban J connectivity index is 2.07. The number of amides is 2. The van der Waals surface area contributed by atoms with Crippen LogP contribution in [0, 0.1) is 0 Å². The van der Waals surface area contributed by atoms with Gasteiger partial charge < -0.3 is 23.7 Å². The second kappa shape index (κ2) is 10.6. The van der Waals surface area contributed by atoms with Crippen LogP contribution in [-0.4, -0.2) is 47.4 Å². The van der Waals surface area contributed by atoms with Gasteiger partial charge in [0, 0.05) is 29.3 Å². The lowest BCUT2D eigenvalue weighted by atomic mass is 10.1. The molecular formula is C21H24N2O7. The maximum absolute atomic E-state index is 12.3. The lowest BCUT2D eigenvalue weighted by molar-refractivity contribution is -0.117. The average Bonchev–Trinajstić information content (AvgIpc) is 2.79. The molecule has 0 aliphatic heterocycles. The molecule has 0 atom stereocenters. The van der Waals surface area contributed by atoms with Crippen LogP contribution in [0.4, 0.5) is 0 Å². The van der Waals surface area contributed by atoms with Crippen LogP contribution in [0.5, 0.6) is 28.7 Å². The molecule has 2 aromatic rings. The SMILES string of the molecule is COc1cc(OC)cc(C(=O)NNC(=O)/C=C/c2cc(OC)c(OC)cc2OC)c1. The van der Waals surface area contributed by atoms with Crippen molar-refractivity contribution in [3.8, 4) is 28.7 Å². The van der Waals surface area contributed by atoms with Gasteiger partial charge in [-0.1, -0.05) is 0 Å². The minimum absolute atomic E-state index is 0.261. The zero-order chi connectivity index (χ0) is 22.1. The highest BCUT2D eigenvalue weighted by Gasteiger charge is 2.12. The summed E-state index contributed by atoms with van der Waals surface area (Å²) in [6.45, 7) is 0. The van der Waals surface area contributed by atoms with Gasteiger partial charge in [-0.25, -0.2) is 0 Å². The molecule has 9 heteroatoms. The zero-order valence-electron chi connectivity index (χ0n) is 17.4. The molecule has 0 aliphatic rings.